The van der Waals surface area contributed by atoms with E-state index in [4.69, 9.17) is 4.74 Å². The maximum absolute atomic E-state index is 13.0. The van der Waals surface area contributed by atoms with Crippen LogP contribution in [0.2, 0.25) is 0 Å². The Kier molecular flexibility index (Phi) is 7.90. The molecule has 1 aliphatic heterocycles. The lowest BCUT2D eigenvalue weighted by Crippen LogP contribution is -2.46. The number of rotatable bonds is 5. The van der Waals surface area contributed by atoms with Gasteiger partial charge in [0.2, 0.25) is 0 Å². The third-order valence-electron chi connectivity index (χ3n) is 6.12. The largest absolute Gasteiger partial charge is 0.508 e. The van der Waals surface area contributed by atoms with E-state index in [1.807, 2.05) is 12.1 Å². The maximum atomic E-state index is 13.0. The minimum Gasteiger partial charge on any atom is -0.508 e. The van der Waals surface area contributed by atoms with E-state index >= 15 is 0 Å². The number of phenols is 3. The second-order valence-electron chi connectivity index (χ2n) is 8.27. The summed E-state index contributed by atoms with van der Waals surface area (Å²) < 4.78 is 6.60. The SMILES string of the molecule is COc1cc(CN2CCC(N(C)C(=O)n3cnc(-c4ccc(O)cc4O)c3)CC2)ccc1O.Cl. The van der Waals surface area contributed by atoms with Gasteiger partial charge in [-0.1, -0.05) is 6.07 Å². The molecular formula is C24H29ClN4O5. The number of aromatic nitrogens is 2. The summed E-state index contributed by atoms with van der Waals surface area (Å²) in [6.45, 7) is 2.45. The Morgan fingerprint density at radius 3 is 2.53 bits per heavy atom. The van der Waals surface area contributed by atoms with E-state index in [0.29, 0.717) is 17.0 Å². The van der Waals surface area contributed by atoms with E-state index in [2.05, 4.69) is 9.88 Å². The average Bonchev–Trinajstić information content (AvgIpc) is 3.30. The minimum absolute atomic E-state index is 0. The zero-order chi connectivity index (χ0) is 23.5. The molecule has 2 aromatic carbocycles. The van der Waals surface area contributed by atoms with Gasteiger partial charge in [-0.05, 0) is 42.7 Å². The van der Waals surface area contributed by atoms with Crippen molar-refractivity contribution in [3.8, 4) is 34.3 Å². The van der Waals surface area contributed by atoms with Crippen molar-refractivity contribution in [2.45, 2.75) is 25.4 Å². The third kappa shape index (κ3) is 5.37. The summed E-state index contributed by atoms with van der Waals surface area (Å²) in [7, 11) is 3.33. The molecule has 1 aromatic heterocycles. The number of phenolic OH excluding ortho intramolecular Hbond substituents is 3. The Morgan fingerprint density at radius 1 is 1.12 bits per heavy atom. The summed E-state index contributed by atoms with van der Waals surface area (Å²) >= 11 is 0. The number of carbonyl (C=O) groups is 1. The molecule has 0 spiro atoms. The van der Waals surface area contributed by atoms with Gasteiger partial charge in [-0.3, -0.25) is 9.47 Å². The molecule has 0 radical (unpaired) electrons. The molecule has 9 nitrogen and oxygen atoms in total. The standard InChI is InChI=1S/C24H28N4O5.ClH/c1-26(24(32)28-14-20(25-15-28)19-5-4-18(29)12-22(19)31)17-7-9-27(10-8-17)13-16-3-6-21(30)23(11-16)33-2;/h3-6,11-12,14-15,17,29-31H,7-10,13H2,1-2H3;1H. The number of imidazole rings is 1. The number of hydrogen-bond acceptors (Lipinski definition) is 7. The highest BCUT2D eigenvalue weighted by Gasteiger charge is 2.26. The van der Waals surface area contributed by atoms with Crippen molar-refractivity contribution in [1.82, 2.24) is 19.4 Å². The Bertz CT molecular complexity index is 1140. The molecule has 3 N–H and O–H groups in total. The molecule has 0 saturated carbocycles. The molecule has 1 saturated heterocycles. The highest BCUT2D eigenvalue weighted by atomic mass is 35.5. The van der Waals surface area contributed by atoms with Crippen LogP contribution < -0.4 is 4.74 Å². The fourth-order valence-corrected chi connectivity index (χ4v) is 4.18. The second kappa shape index (κ2) is 10.7. The van der Waals surface area contributed by atoms with E-state index in [0.717, 1.165) is 38.0 Å². The minimum atomic E-state index is -0.186. The number of carbonyl (C=O) groups excluding carboxylic acids is 1. The summed E-state index contributed by atoms with van der Waals surface area (Å²) in [4.78, 5) is 21.3. The fourth-order valence-electron chi connectivity index (χ4n) is 4.18. The zero-order valence-electron chi connectivity index (χ0n) is 19.1. The van der Waals surface area contributed by atoms with Crippen LogP contribution in [0.4, 0.5) is 4.79 Å². The van der Waals surface area contributed by atoms with E-state index in [9.17, 15) is 20.1 Å². The van der Waals surface area contributed by atoms with Crippen molar-refractivity contribution < 1.29 is 24.9 Å². The van der Waals surface area contributed by atoms with Gasteiger partial charge < -0.3 is 25.0 Å². The van der Waals surface area contributed by atoms with Crippen LogP contribution in [0.15, 0.2) is 48.9 Å². The molecule has 0 unspecified atom stereocenters. The molecule has 34 heavy (non-hydrogen) atoms. The molecule has 4 rings (SSSR count). The fraction of sp³-hybridized carbons (Fsp3) is 0.333. The smallest absolute Gasteiger partial charge is 0.329 e. The molecular weight excluding hydrogens is 460 g/mol. The molecule has 1 amide bonds. The topological polar surface area (TPSA) is 111 Å². The van der Waals surface area contributed by atoms with E-state index in [1.165, 1.54) is 30.1 Å². The summed E-state index contributed by atoms with van der Waals surface area (Å²) in [6.07, 6.45) is 4.71. The first kappa shape index (κ1) is 25.2. The maximum Gasteiger partial charge on any atom is 0.329 e. The van der Waals surface area contributed by atoms with Crippen molar-refractivity contribution in [3.63, 3.8) is 0 Å². The summed E-state index contributed by atoms with van der Waals surface area (Å²) in [6, 6.07) is 9.57. The summed E-state index contributed by atoms with van der Waals surface area (Å²) in [5.41, 5.74) is 1.96. The van der Waals surface area contributed by atoms with Crippen LogP contribution in [0.25, 0.3) is 11.3 Å². The molecule has 0 bridgehead atoms. The lowest BCUT2D eigenvalue weighted by atomic mass is 10.0. The van der Waals surface area contributed by atoms with Gasteiger partial charge in [0.05, 0.1) is 12.8 Å². The van der Waals surface area contributed by atoms with Crippen molar-refractivity contribution in [3.05, 3.63) is 54.5 Å². The first-order valence-corrected chi connectivity index (χ1v) is 10.8. The molecule has 0 aliphatic carbocycles. The van der Waals surface area contributed by atoms with Crippen LogP contribution in [0.1, 0.15) is 18.4 Å². The number of aromatic hydroxyl groups is 3. The normalized spacial score (nSPS) is 14.4. The highest BCUT2D eigenvalue weighted by Crippen LogP contribution is 2.31. The first-order valence-electron chi connectivity index (χ1n) is 10.8. The molecule has 2 heterocycles. The van der Waals surface area contributed by atoms with Gasteiger partial charge in [0.1, 0.15) is 17.8 Å². The van der Waals surface area contributed by atoms with Gasteiger partial charge in [-0.2, -0.15) is 0 Å². The number of halogens is 1. The van der Waals surface area contributed by atoms with Crippen LogP contribution in [0.3, 0.4) is 0 Å². The van der Waals surface area contributed by atoms with E-state index < -0.39 is 0 Å². The Hall–Kier alpha value is -3.43. The van der Waals surface area contributed by atoms with Gasteiger partial charge in [-0.25, -0.2) is 9.78 Å². The number of ether oxygens (including phenoxy) is 1. The molecule has 1 fully saturated rings. The average molecular weight is 489 g/mol. The van der Waals surface area contributed by atoms with E-state index in [1.54, 1.807) is 30.3 Å². The number of hydrogen-bond donors (Lipinski definition) is 3. The van der Waals surface area contributed by atoms with Gasteiger partial charge in [-0.15, -0.1) is 12.4 Å². The number of nitrogens with zero attached hydrogens (tertiary/aromatic N) is 4. The monoisotopic (exact) mass is 488 g/mol. The first-order chi connectivity index (χ1) is 15.9. The molecule has 10 heteroatoms. The number of piperidine rings is 1. The number of benzene rings is 2. The van der Waals surface area contributed by atoms with Crippen molar-refractivity contribution in [1.29, 1.82) is 0 Å². The Balaban J connectivity index is 0.00000324. The number of methoxy groups -OCH3 is 1. The van der Waals surface area contributed by atoms with Crippen LogP contribution in [0.5, 0.6) is 23.0 Å². The Labute approximate surface area is 204 Å². The van der Waals surface area contributed by atoms with Gasteiger partial charge >= 0.3 is 6.03 Å². The van der Waals surface area contributed by atoms with Gasteiger partial charge in [0.15, 0.2) is 11.5 Å². The summed E-state index contributed by atoms with van der Waals surface area (Å²) in [5.74, 6) is 0.457. The molecule has 3 aromatic rings. The van der Waals surface area contributed by atoms with Gasteiger partial charge in [0.25, 0.3) is 0 Å². The van der Waals surface area contributed by atoms with Crippen molar-refractivity contribution in [2.75, 3.05) is 27.2 Å². The second-order valence-corrected chi connectivity index (χ2v) is 8.27. The predicted octanol–water partition coefficient (Wildman–Crippen LogP) is 3.66. The lowest BCUT2D eigenvalue weighted by molar-refractivity contribution is 0.132. The molecule has 0 atom stereocenters. The van der Waals surface area contributed by atoms with Crippen LogP contribution in [-0.2, 0) is 6.54 Å². The summed E-state index contributed by atoms with van der Waals surface area (Å²) in [5, 5.41) is 29.3. The predicted molar refractivity (Wildman–Crippen MR) is 130 cm³/mol. The lowest BCUT2D eigenvalue weighted by Gasteiger charge is -2.36. The quantitative estimate of drug-likeness (QED) is 0.502. The molecule has 1 aliphatic rings. The third-order valence-corrected chi connectivity index (χ3v) is 6.12. The van der Waals surface area contributed by atoms with E-state index in [-0.39, 0.29) is 41.7 Å². The number of amides is 1. The van der Waals surface area contributed by atoms with Crippen molar-refractivity contribution in [2.24, 2.45) is 0 Å². The van der Waals surface area contributed by atoms with Gasteiger partial charge in [0, 0.05) is 50.6 Å². The number of likely N-dealkylation sites (tertiary alicyclic amines) is 1. The van der Waals surface area contributed by atoms with Crippen LogP contribution in [0, 0.1) is 0 Å². The molecule has 182 valence electrons. The van der Waals surface area contributed by atoms with Crippen molar-refractivity contribution >= 4 is 18.4 Å². The van der Waals surface area contributed by atoms with Crippen LogP contribution in [-0.4, -0.2) is 74.0 Å². The Morgan fingerprint density at radius 2 is 1.85 bits per heavy atom. The zero-order valence-corrected chi connectivity index (χ0v) is 19.9. The highest BCUT2D eigenvalue weighted by molar-refractivity contribution is 5.85. The van der Waals surface area contributed by atoms with Crippen LogP contribution >= 0.6 is 12.4 Å².